The van der Waals surface area contributed by atoms with E-state index >= 15 is 0 Å². The van der Waals surface area contributed by atoms with E-state index < -0.39 is 0 Å². The number of nitrogens with zero attached hydrogens (tertiary/aromatic N) is 3. The van der Waals surface area contributed by atoms with Crippen molar-refractivity contribution in [1.29, 1.82) is 0 Å². The summed E-state index contributed by atoms with van der Waals surface area (Å²) >= 11 is 0. The summed E-state index contributed by atoms with van der Waals surface area (Å²) in [7, 11) is 0. The number of rotatable bonds is 7. The molecule has 3 aromatic rings. The van der Waals surface area contributed by atoms with E-state index in [2.05, 4.69) is 113 Å². The Morgan fingerprint density at radius 2 is 1.52 bits per heavy atom. The lowest BCUT2D eigenvalue weighted by molar-refractivity contribution is -0.685. The van der Waals surface area contributed by atoms with E-state index in [-0.39, 0.29) is 0 Å². The third-order valence-corrected chi connectivity index (χ3v) is 5.77. The maximum absolute atomic E-state index is 2.48. The lowest BCUT2D eigenvalue weighted by Crippen LogP contribution is -2.36. The molecule has 1 aromatic heterocycles. The monoisotopic (exact) mass is 384 g/mol. The quantitative estimate of drug-likeness (QED) is 0.535. The SMILES string of the molecule is CCN(CC)CCn1cc[n+]2c1C=C(c1ccccc1)C=C(c1ccccc1)C2. The molecule has 2 aromatic carbocycles. The van der Waals surface area contributed by atoms with E-state index in [0.29, 0.717) is 0 Å². The first-order valence-electron chi connectivity index (χ1n) is 10.6. The molecule has 3 heteroatoms. The van der Waals surface area contributed by atoms with Crippen LogP contribution in [-0.2, 0) is 13.1 Å². The normalized spacial score (nSPS) is 13.6. The molecule has 0 radical (unpaired) electrons. The van der Waals surface area contributed by atoms with Crippen LogP contribution in [0.1, 0.15) is 30.8 Å². The smallest absolute Gasteiger partial charge is 0.282 e. The van der Waals surface area contributed by atoms with E-state index in [0.717, 1.165) is 32.7 Å². The summed E-state index contributed by atoms with van der Waals surface area (Å²) in [5.74, 6) is 1.26. The predicted molar refractivity (Wildman–Crippen MR) is 121 cm³/mol. The van der Waals surface area contributed by atoms with Gasteiger partial charge in [0.15, 0.2) is 0 Å². The number of aromatic nitrogens is 2. The molecule has 0 amide bonds. The summed E-state index contributed by atoms with van der Waals surface area (Å²) in [6, 6.07) is 21.4. The Labute approximate surface area is 174 Å². The molecule has 0 bridgehead atoms. The maximum atomic E-state index is 2.48. The molecule has 148 valence electrons. The Bertz CT molecular complexity index is 993. The van der Waals surface area contributed by atoms with Crippen LogP contribution in [-0.4, -0.2) is 29.1 Å². The first-order valence-corrected chi connectivity index (χ1v) is 10.6. The van der Waals surface area contributed by atoms with Gasteiger partial charge in [-0.1, -0.05) is 74.5 Å². The Hall–Kier alpha value is -2.91. The fraction of sp³-hybridized carbons (Fsp3) is 0.269. The minimum absolute atomic E-state index is 0.879. The molecule has 0 atom stereocenters. The largest absolute Gasteiger partial charge is 0.300 e. The van der Waals surface area contributed by atoms with Crippen molar-refractivity contribution >= 4 is 17.2 Å². The van der Waals surface area contributed by atoms with Crippen molar-refractivity contribution in [1.82, 2.24) is 9.47 Å². The fourth-order valence-electron chi connectivity index (χ4n) is 3.98. The summed E-state index contributed by atoms with van der Waals surface area (Å²) in [4.78, 5) is 2.48. The minimum Gasteiger partial charge on any atom is -0.300 e. The molecule has 3 nitrogen and oxygen atoms in total. The molecule has 0 N–H and O–H groups in total. The number of hydrogen-bond acceptors (Lipinski definition) is 1. The van der Waals surface area contributed by atoms with Crippen molar-refractivity contribution in [3.8, 4) is 0 Å². The second-order valence-corrected chi connectivity index (χ2v) is 7.51. The number of hydrogen-bond donors (Lipinski definition) is 0. The van der Waals surface area contributed by atoms with Crippen LogP contribution >= 0.6 is 0 Å². The Balaban J connectivity index is 1.74. The molecule has 0 spiro atoms. The van der Waals surface area contributed by atoms with E-state index in [9.17, 15) is 0 Å². The molecule has 1 aliphatic heterocycles. The van der Waals surface area contributed by atoms with Gasteiger partial charge >= 0.3 is 0 Å². The van der Waals surface area contributed by atoms with Crippen molar-refractivity contribution in [3.63, 3.8) is 0 Å². The molecule has 4 rings (SSSR count). The molecule has 29 heavy (non-hydrogen) atoms. The van der Waals surface area contributed by atoms with Crippen molar-refractivity contribution in [2.75, 3.05) is 19.6 Å². The van der Waals surface area contributed by atoms with Crippen LogP contribution in [0.25, 0.3) is 17.2 Å². The number of benzene rings is 2. The first-order chi connectivity index (χ1) is 14.3. The van der Waals surface area contributed by atoms with Gasteiger partial charge in [0.25, 0.3) is 5.82 Å². The summed E-state index contributed by atoms with van der Waals surface area (Å²) < 4.78 is 4.76. The Morgan fingerprint density at radius 3 is 2.17 bits per heavy atom. The van der Waals surface area contributed by atoms with E-state index in [1.807, 2.05) is 0 Å². The molecule has 0 saturated heterocycles. The second kappa shape index (κ2) is 9.06. The molecular weight excluding hydrogens is 354 g/mol. The molecule has 0 unspecified atom stereocenters. The molecule has 0 aliphatic carbocycles. The molecule has 1 aliphatic rings. The predicted octanol–water partition coefficient (Wildman–Crippen LogP) is 4.76. The number of fused-ring (bicyclic) bond motifs is 1. The highest BCUT2D eigenvalue weighted by molar-refractivity contribution is 5.92. The second-order valence-electron chi connectivity index (χ2n) is 7.51. The fourth-order valence-corrected chi connectivity index (χ4v) is 3.98. The van der Waals surface area contributed by atoms with Gasteiger partial charge in [0, 0.05) is 18.2 Å². The van der Waals surface area contributed by atoms with Gasteiger partial charge in [-0.05, 0) is 35.9 Å². The zero-order valence-electron chi connectivity index (χ0n) is 17.5. The minimum atomic E-state index is 0.879. The average molecular weight is 385 g/mol. The average Bonchev–Trinajstić information content (AvgIpc) is 3.04. The Kier molecular flexibility index (Phi) is 6.06. The van der Waals surface area contributed by atoms with Gasteiger partial charge < -0.3 is 0 Å². The summed E-state index contributed by atoms with van der Waals surface area (Å²) in [6.07, 6.45) is 9.14. The number of imidazole rings is 1. The third kappa shape index (κ3) is 4.41. The van der Waals surface area contributed by atoms with Gasteiger partial charge in [-0.2, -0.15) is 0 Å². The lowest BCUT2D eigenvalue weighted by Gasteiger charge is -2.16. The Morgan fingerprint density at radius 1 is 0.862 bits per heavy atom. The van der Waals surface area contributed by atoms with E-state index in [4.69, 9.17) is 0 Å². The van der Waals surface area contributed by atoms with Crippen molar-refractivity contribution < 1.29 is 4.57 Å². The molecule has 0 saturated carbocycles. The van der Waals surface area contributed by atoms with E-state index in [1.54, 1.807) is 0 Å². The standard InChI is InChI=1S/C26H30N3/c1-3-27(4-2)15-16-28-17-18-29-21-25(23-13-9-6-10-14-23)19-24(20-26(28)29)22-11-7-5-8-12-22/h5-14,17-20H,3-4,15-16,21H2,1-2H3/q+1. The zero-order chi connectivity index (χ0) is 20.1. The molecular formula is C26H30N3+. The van der Waals surface area contributed by atoms with Crippen molar-refractivity contribution in [3.05, 3.63) is 96.1 Å². The van der Waals surface area contributed by atoms with Gasteiger partial charge in [-0.15, -0.1) is 0 Å². The van der Waals surface area contributed by atoms with Gasteiger partial charge in [-0.3, -0.25) is 4.90 Å². The summed E-state index contributed by atoms with van der Waals surface area (Å²) in [6.45, 7) is 9.61. The first kappa shape index (κ1) is 19.4. The van der Waals surface area contributed by atoms with Gasteiger partial charge in [0.1, 0.15) is 25.5 Å². The number of allylic oxidation sites excluding steroid dienone is 3. The van der Waals surface area contributed by atoms with Crippen LogP contribution in [0.15, 0.2) is 79.1 Å². The highest BCUT2D eigenvalue weighted by Crippen LogP contribution is 2.27. The van der Waals surface area contributed by atoms with Crippen LogP contribution in [0.2, 0.25) is 0 Å². The zero-order valence-corrected chi connectivity index (χ0v) is 17.5. The highest BCUT2D eigenvalue weighted by Gasteiger charge is 2.21. The maximum Gasteiger partial charge on any atom is 0.282 e. The van der Waals surface area contributed by atoms with Gasteiger partial charge in [-0.25, -0.2) is 9.13 Å². The molecule has 0 fully saturated rings. The third-order valence-electron chi connectivity index (χ3n) is 5.77. The summed E-state index contributed by atoms with van der Waals surface area (Å²) in [5, 5.41) is 0. The lowest BCUT2D eigenvalue weighted by atomic mass is 9.99. The van der Waals surface area contributed by atoms with Crippen molar-refractivity contribution in [2.24, 2.45) is 0 Å². The number of likely N-dealkylation sites (N-methyl/N-ethyl adjacent to an activating group) is 1. The van der Waals surface area contributed by atoms with Crippen molar-refractivity contribution in [2.45, 2.75) is 26.9 Å². The van der Waals surface area contributed by atoms with Crippen LogP contribution in [0.4, 0.5) is 0 Å². The summed E-state index contributed by atoms with van der Waals surface area (Å²) in [5.41, 5.74) is 5.14. The van der Waals surface area contributed by atoms with Gasteiger partial charge in [0.05, 0.1) is 0 Å². The topological polar surface area (TPSA) is 12.1 Å². The molecule has 2 heterocycles. The van der Waals surface area contributed by atoms with Crippen LogP contribution in [0.5, 0.6) is 0 Å². The van der Waals surface area contributed by atoms with Crippen LogP contribution < -0.4 is 4.57 Å². The highest BCUT2D eigenvalue weighted by atomic mass is 15.2. The van der Waals surface area contributed by atoms with Gasteiger partial charge in [0.2, 0.25) is 0 Å². The van der Waals surface area contributed by atoms with Crippen LogP contribution in [0.3, 0.4) is 0 Å². The van der Waals surface area contributed by atoms with Crippen LogP contribution in [0, 0.1) is 0 Å². The van der Waals surface area contributed by atoms with E-state index in [1.165, 1.54) is 28.1 Å².